The molecule has 0 saturated heterocycles. The third kappa shape index (κ3) is 5.18. The Labute approximate surface area is 207 Å². The number of thioether (sulfide) groups is 1. The van der Waals surface area contributed by atoms with E-state index in [1.165, 1.54) is 29.5 Å². The van der Waals surface area contributed by atoms with Gasteiger partial charge in [0.1, 0.15) is 11.6 Å². The molecule has 0 spiro atoms. The summed E-state index contributed by atoms with van der Waals surface area (Å²) < 4.78 is 24.7. The Bertz CT molecular complexity index is 1270. The molecule has 0 unspecified atom stereocenters. The third-order valence-electron chi connectivity index (χ3n) is 6.10. The minimum atomic E-state index is -0.355. The fourth-order valence-corrected chi connectivity index (χ4v) is 5.37. The number of nitrogens with zero attached hydrogens (tertiary/aromatic N) is 1. The van der Waals surface area contributed by atoms with Gasteiger partial charge < -0.3 is 19.7 Å². The van der Waals surface area contributed by atoms with Crippen LogP contribution in [0, 0.1) is 5.82 Å². The van der Waals surface area contributed by atoms with Crippen molar-refractivity contribution in [3.63, 3.8) is 0 Å². The van der Waals surface area contributed by atoms with Crippen molar-refractivity contribution < 1.29 is 23.5 Å². The topological polar surface area (TPSA) is 67.9 Å². The number of amides is 2. The first-order valence-corrected chi connectivity index (χ1v) is 12.5. The van der Waals surface area contributed by atoms with E-state index in [9.17, 15) is 14.0 Å². The van der Waals surface area contributed by atoms with Gasteiger partial charge in [-0.3, -0.25) is 9.59 Å². The van der Waals surface area contributed by atoms with Crippen LogP contribution >= 0.6 is 11.8 Å². The summed E-state index contributed by atoms with van der Waals surface area (Å²) in [4.78, 5) is 28.4. The second kappa shape index (κ2) is 10.5. The summed E-state index contributed by atoms with van der Waals surface area (Å²) in [5.74, 6) is 0.306. The lowest BCUT2D eigenvalue weighted by Gasteiger charge is -2.21. The Hall–Kier alpha value is -3.36. The molecular formula is C27H25FN2O4S. The first-order valence-electron chi connectivity index (χ1n) is 11.5. The summed E-state index contributed by atoms with van der Waals surface area (Å²) in [5, 5.41) is 2.91. The SMILES string of the molecule is O=C(NCCc1cc(F)cc2c1OCOC2)c1ccccc1SCC(=O)N1CCc2ccccc21. The molecule has 0 fully saturated rings. The summed E-state index contributed by atoms with van der Waals surface area (Å²) in [7, 11) is 0. The minimum absolute atomic E-state index is 0.0232. The summed E-state index contributed by atoms with van der Waals surface area (Å²) in [5.41, 5.74) is 4.03. The predicted octanol–water partition coefficient (Wildman–Crippen LogP) is 4.35. The zero-order valence-electron chi connectivity index (χ0n) is 19.1. The van der Waals surface area contributed by atoms with Crippen LogP contribution in [0.4, 0.5) is 10.1 Å². The number of para-hydroxylation sites is 1. The number of carbonyl (C=O) groups excluding carboxylic acids is 2. The Morgan fingerprint density at radius 2 is 1.89 bits per heavy atom. The lowest BCUT2D eigenvalue weighted by molar-refractivity contribution is -0.116. The number of carbonyl (C=O) groups is 2. The Morgan fingerprint density at radius 1 is 1.06 bits per heavy atom. The van der Waals surface area contributed by atoms with Crippen LogP contribution in [0.2, 0.25) is 0 Å². The fourth-order valence-electron chi connectivity index (χ4n) is 4.44. The van der Waals surface area contributed by atoms with Gasteiger partial charge >= 0.3 is 0 Å². The highest BCUT2D eigenvalue weighted by Crippen LogP contribution is 2.31. The van der Waals surface area contributed by atoms with E-state index in [1.807, 2.05) is 35.2 Å². The highest BCUT2D eigenvalue weighted by molar-refractivity contribution is 8.00. The molecule has 6 nitrogen and oxygen atoms in total. The monoisotopic (exact) mass is 492 g/mol. The first-order chi connectivity index (χ1) is 17.1. The largest absolute Gasteiger partial charge is 0.467 e. The van der Waals surface area contributed by atoms with Gasteiger partial charge in [0, 0.05) is 29.2 Å². The highest BCUT2D eigenvalue weighted by Gasteiger charge is 2.24. The van der Waals surface area contributed by atoms with E-state index in [4.69, 9.17) is 9.47 Å². The normalized spacial score (nSPS) is 14.1. The minimum Gasteiger partial charge on any atom is -0.467 e. The van der Waals surface area contributed by atoms with E-state index in [2.05, 4.69) is 11.4 Å². The predicted molar refractivity (Wildman–Crippen MR) is 132 cm³/mol. The lowest BCUT2D eigenvalue weighted by Crippen LogP contribution is -2.30. The Balaban J connectivity index is 1.20. The first kappa shape index (κ1) is 23.4. The van der Waals surface area contributed by atoms with Gasteiger partial charge in [0.05, 0.1) is 17.9 Å². The van der Waals surface area contributed by atoms with E-state index in [0.29, 0.717) is 48.6 Å². The zero-order valence-corrected chi connectivity index (χ0v) is 19.9. The molecule has 0 atom stereocenters. The van der Waals surface area contributed by atoms with Crippen LogP contribution < -0.4 is 15.0 Å². The van der Waals surface area contributed by atoms with Gasteiger partial charge in [-0.25, -0.2) is 4.39 Å². The molecule has 8 heteroatoms. The number of hydrogen-bond acceptors (Lipinski definition) is 5. The molecule has 2 heterocycles. The maximum atomic E-state index is 14.0. The van der Waals surface area contributed by atoms with Crippen LogP contribution in [0.15, 0.2) is 65.6 Å². The molecule has 2 amide bonds. The number of fused-ring (bicyclic) bond motifs is 2. The van der Waals surface area contributed by atoms with Crippen LogP contribution in [-0.2, 0) is 29.0 Å². The molecule has 2 aliphatic rings. The second-order valence-corrected chi connectivity index (χ2v) is 9.40. The van der Waals surface area contributed by atoms with Crippen LogP contribution in [-0.4, -0.2) is 37.4 Å². The van der Waals surface area contributed by atoms with E-state index in [1.54, 1.807) is 12.1 Å². The van der Waals surface area contributed by atoms with Crippen molar-refractivity contribution in [1.82, 2.24) is 5.32 Å². The molecular weight excluding hydrogens is 467 g/mol. The van der Waals surface area contributed by atoms with E-state index < -0.39 is 0 Å². The van der Waals surface area contributed by atoms with Crippen molar-refractivity contribution >= 4 is 29.3 Å². The zero-order chi connectivity index (χ0) is 24.2. The Morgan fingerprint density at radius 3 is 2.80 bits per heavy atom. The quantitative estimate of drug-likeness (QED) is 0.497. The number of ether oxygens (including phenoxy) is 2. The van der Waals surface area contributed by atoms with E-state index in [0.717, 1.165) is 17.0 Å². The van der Waals surface area contributed by atoms with Gasteiger partial charge in [-0.1, -0.05) is 30.3 Å². The standard InChI is InChI=1S/C27H25FN2O4S/c28-21-13-19(26-20(14-21)15-33-17-34-26)9-11-29-27(32)22-6-2-4-8-24(22)35-16-25(31)30-12-10-18-5-1-3-7-23(18)30/h1-8,13-14H,9-12,15-17H2,(H,29,32). The van der Waals surface area contributed by atoms with Crippen molar-refractivity contribution in [3.05, 3.63) is 88.7 Å². The lowest BCUT2D eigenvalue weighted by atomic mass is 10.1. The number of rotatable bonds is 7. The molecule has 35 heavy (non-hydrogen) atoms. The molecule has 0 saturated carbocycles. The Kier molecular flexibility index (Phi) is 7.01. The third-order valence-corrected chi connectivity index (χ3v) is 7.16. The summed E-state index contributed by atoms with van der Waals surface area (Å²) in [6.07, 6.45) is 1.28. The van der Waals surface area contributed by atoms with Crippen LogP contribution in [0.3, 0.4) is 0 Å². The maximum absolute atomic E-state index is 14.0. The molecule has 2 aliphatic heterocycles. The van der Waals surface area contributed by atoms with Crippen LogP contribution in [0.5, 0.6) is 5.75 Å². The van der Waals surface area contributed by atoms with E-state index >= 15 is 0 Å². The van der Waals surface area contributed by atoms with Crippen molar-refractivity contribution in [2.24, 2.45) is 0 Å². The molecule has 0 radical (unpaired) electrons. The van der Waals surface area contributed by atoms with Crippen molar-refractivity contribution in [2.45, 2.75) is 24.3 Å². The number of benzene rings is 3. The molecule has 3 aromatic carbocycles. The van der Waals surface area contributed by atoms with Crippen molar-refractivity contribution in [1.29, 1.82) is 0 Å². The van der Waals surface area contributed by atoms with E-state index in [-0.39, 0.29) is 30.2 Å². The second-order valence-electron chi connectivity index (χ2n) is 8.38. The van der Waals surface area contributed by atoms with Gasteiger partial charge in [-0.05, 0) is 54.3 Å². The molecule has 1 N–H and O–H groups in total. The molecule has 5 rings (SSSR count). The van der Waals surface area contributed by atoms with Crippen LogP contribution in [0.1, 0.15) is 27.0 Å². The molecule has 3 aromatic rings. The van der Waals surface area contributed by atoms with Crippen LogP contribution in [0.25, 0.3) is 0 Å². The van der Waals surface area contributed by atoms with Gasteiger partial charge in [0.15, 0.2) is 6.79 Å². The van der Waals surface area contributed by atoms with Gasteiger partial charge in [-0.2, -0.15) is 0 Å². The average molecular weight is 493 g/mol. The average Bonchev–Trinajstić information content (AvgIpc) is 3.31. The summed E-state index contributed by atoms with van der Waals surface area (Å²) in [6, 6.07) is 18.0. The van der Waals surface area contributed by atoms with Crippen molar-refractivity contribution in [3.8, 4) is 5.75 Å². The summed E-state index contributed by atoms with van der Waals surface area (Å²) in [6.45, 7) is 1.44. The number of halogens is 1. The maximum Gasteiger partial charge on any atom is 0.252 e. The molecule has 0 bridgehead atoms. The molecule has 0 aromatic heterocycles. The van der Waals surface area contributed by atoms with Gasteiger partial charge in [0.2, 0.25) is 5.91 Å². The highest BCUT2D eigenvalue weighted by atomic mass is 32.2. The fraction of sp³-hybridized carbons (Fsp3) is 0.259. The smallest absolute Gasteiger partial charge is 0.252 e. The van der Waals surface area contributed by atoms with Gasteiger partial charge in [-0.15, -0.1) is 11.8 Å². The molecule has 0 aliphatic carbocycles. The number of anilines is 1. The number of hydrogen-bond donors (Lipinski definition) is 1. The van der Waals surface area contributed by atoms with Crippen molar-refractivity contribution in [2.75, 3.05) is 30.5 Å². The molecule has 180 valence electrons. The summed E-state index contributed by atoms with van der Waals surface area (Å²) >= 11 is 1.36. The van der Waals surface area contributed by atoms with Gasteiger partial charge in [0.25, 0.3) is 5.91 Å². The number of nitrogens with one attached hydrogen (secondary N) is 1.